The van der Waals surface area contributed by atoms with Gasteiger partial charge in [-0.05, 0) is 25.0 Å². The zero-order chi connectivity index (χ0) is 18.7. The van der Waals surface area contributed by atoms with Gasteiger partial charge in [0.15, 0.2) is 11.7 Å². The van der Waals surface area contributed by atoms with E-state index in [9.17, 15) is 17.6 Å². The highest BCUT2D eigenvalue weighted by Gasteiger charge is 2.40. The Morgan fingerprint density at radius 2 is 2.07 bits per heavy atom. The van der Waals surface area contributed by atoms with Gasteiger partial charge in [0.05, 0.1) is 6.54 Å². The number of nitrogens with zero attached hydrogens (tertiary/aromatic N) is 2. The van der Waals surface area contributed by atoms with Crippen LogP contribution in [-0.4, -0.2) is 23.5 Å². The van der Waals surface area contributed by atoms with Gasteiger partial charge < -0.3 is 10.6 Å². The molecule has 2 N–H and O–H groups in total. The van der Waals surface area contributed by atoms with Gasteiger partial charge in [-0.1, -0.05) is 18.2 Å². The SMILES string of the molecule is CCNC(=NCc1nc(C(F)(F)F)cs1)NC1CC1c1ccccc1F.I. The van der Waals surface area contributed by atoms with E-state index in [4.69, 9.17) is 0 Å². The van der Waals surface area contributed by atoms with E-state index in [1.165, 1.54) is 6.07 Å². The van der Waals surface area contributed by atoms with Gasteiger partial charge in [0.25, 0.3) is 0 Å². The van der Waals surface area contributed by atoms with Crippen molar-refractivity contribution in [3.05, 3.63) is 51.7 Å². The van der Waals surface area contributed by atoms with Gasteiger partial charge >= 0.3 is 6.18 Å². The van der Waals surface area contributed by atoms with E-state index in [-0.39, 0.29) is 53.3 Å². The number of hydrogen-bond acceptors (Lipinski definition) is 3. The first-order valence-electron chi connectivity index (χ1n) is 8.19. The lowest BCUT2D eigenvalue weighted by atomic mass is 10.1. The van der Waals surface area contributed by atoms with E-state index in [0.29, 0.717) is 18.1 Å². The molecule has 2 atom stereocenters. The number of thiazole rings is 1. The number of benzene rings is 1. The number of rotatable bonds is 5. The molecule has 1 saturated carbocycles. The standard InChI is InChI=1S/C17H18F4N4S.HI/c1-2-22-16(23-8-15-25-14(9-26-15)17(19,20)21)24-13-7-11(13)10-5-3-4-6-12(10)18;/h3-6,9,11,13H,2,7-8H2,1H3,(H2,22,23,24);1H. The van der Waals surface area contributed by atoms with Gasteiger partial charge in [-0.25, -0.2) is 14.4 Å². The Morgan fingerprint density at radius 1 is 1.33 bits per heavy atom. The molecular weight excluding hydrogens is 495 g/mol. The Labute approximate surface area is 175 Å². The smallest absolute Gasteiger partial charge is 0.357 e. The highest BCUT2D eigenvalue weighted by atomic mass is 127. The molecule has 0 spiro atoms. The maximum absolute atomic E-state index is 13.8. The Morgan fingerprint density at radius 3 is 2.70 bits per heavy atom. The van der Waals surface area contributed by atoms with E-state index in [0.717, 1.165) is 23.1 Å². The van der Waals surface area contributed by atoms with Crippen molar-refractivity contribution in [2.24, 2.45) is 4.99 Å². The van der Waals surface area contributed by atoms with Crippen LogP contribution in [0.15, 0.2) is 34.6 Å². The molecule has 0 amide bonds. The fraction of sp³-hybridized carbons (Fsp3) is 0.412. The molecule has 3 rings (SSSR count). The van der Waals surface area contributed by atoms with E-state index >= 15 is 0 Å². The average molecular weight is 514 g/mol. The number of alkyl halides is 3. The molecule has 0 aliphatic heterocycles. The summed E-state index contributed by atoms with van der Waals surface area (Å²) >= 11 is 0.927. The molecule has 1 aromatic carbocycles. The molecule has 4 nitrogen and oxygen atoms in total. The highest BCUT2D eigenvalue weighted by Crippen LogP contribution is 2.41. The monoisotopic (exact) mass is 514 g/mol. The number of guanidine groups is 1. The first-order valence-corrected chi connectivity index (χ1v) is 9.07. The minimum atomic E-state index is -4.44. The second kappa shape index (κ2) is 9.18. The van der Waals surface area contributed by atoms with E-state index in [2.05, 4.69) is 20.6 Å². The molecule has 1 fully saturated rings. The lowest BCUT2D eigenvalue weighted by molar-refractivity contribution is -0.140. The van der Waals surface area contributed by atoms with Crippen LogP contribution in [0.4, 0.5) is 17.6 Å². The number of aliphatic imine (C=N–C) groups is 1. The summed E-state index contributed by atoms with van der Waals surface area (Å²) in [5, 5.41) is 7.52. The number of aromatic nitrogens is 1. The summed E-state index contributed by atoms with van der Waals surface area (Å²) < 4.78 is 51.6. The summed E-state index contributed by atoms with van der Waals surface area (Å²) in [7, 11) is 0. The fourth-order valence-corrected chi connectivity index (χ4v) is 3.35. The van der Waals surface area contributed by atoms with Crippen LogP contribution < -0.4 is 10.6 Å². The largest absolute Gasteiger partial charge is 0.434 e. The number of nitrogens with one attached hydrogen (secondary N) is 2. The van der Waals surface area contributed by atoms with Crippen LogP contribution in [0.2, 0.25) is 0 Å². The van der Waals surface area contributed by atoms with Gasteiger partial charge in [-0.2, -0.15) is 13.2 Å². The van der Waals surface area contributed by atoms with E-state index < -0.39 is 11.9 Å². The number of halogens is 5. The molecule has 1 aliphatic carbocycles. The molecule has 10 heteroatoms. The van der Waals surface area contributed by atoms with Gasteiger partial charge in [0, 0.05) is 23.9 Å². The third-order valence-electron chi connectivity index (χ3n) is 3.98. The van der Waals surface area contributed by atoms with Crippen LogP contribution >= 0.6 is 35.3 Å². The summed E-state index contributed by atoms with van der Waals surface area (Å²) in [6.45, 7) is 2.55. The average Bonchev–Trinajstić information content (AvgIpc) is 3.15. The molecule has 148 valence electrons. The summed E-state index contributed by atoms with van der Waals surface area (Å²) in [5.74, 6) is 0.322. The third-order valence-corrected chi connectivity index (χ3v) is 4.81. The minimum absolute atomic E-state index is 0. The maximum atomic E-state index is 13.8. The molecule has 2 unspecified atom stereocenters. The van der Waals surface area contributed by atoms with Crippen molar-refractivity contribution in [1.82, 2.24) is 15.6 Å². The van der Waals surface area contributed by atoms with Crippen LogP contribution in [0.3, 0.4) is 0 Å². The van der Waals surface area contributed by atoms with Crippen molar-refractivity contribution in [2.75, 3.05) is 6.54 Å². The Balaban J connectivity index is 0.00000261. The lowest BCUT2D eigenvalue weighted by Gasteiger charge is -2.11. The topological polar surface area (TPSA) is 49.3 Å². The van der Waals surface area contributed by atoms with E-state index in [1.54, 1.807) is 18.2 Å². The van der Waals surface area contributed by atoms with Crippen LogP contribution in [0.1, 0.15) is 35.5 Å². The van der Waals surface area contributed by atoms with Crippen molar-refractivity contribution in [3.63, 3.8) is 0 Å². The first kappa shape index (κ1) is 21.9. The van der Waals surface area contributed by atoms with Crippen LogP contribution in [-0.2, 0) is 12.7 Å². The molecular formula is C17H19F4IN4S. The first-order chi connectivity index (χ1) is 12.4. The van der Waals surface area contributed by atoms with Crippen LogP contribution in [0.5, 0.6) is 0 Å². The van der Waals surface area contributed by atoms with Crippen molar-refractivity contribution in [1.29, 1.82) is 0 Å². The zero-order valence-electron chi connectivity index (χ0n) is 14.4. The predicted octanol–water partition coefficient (Wildman–Crippen LogP) is 4.53. The summed E-state index contributed by atoms with van der Waals surface area (Å²) in [6, 6.07) is 6.70. The minimum Gasteiger partial charge on any atom is -0.357 e. The van der Waals surface area contributed by atoms with Crippen LogP contribution in [0, 0.1) is 5.82 Å². The Bertz CT molecular complexity index is 793. The molecule has 2 aromatic rings. The Hall–Kier alpha value is -1.43. The predicted molar refractivity (Wildman–Crippen MR) is 108 cm³/mol. The van der Waals surface area contributed by atoms with Gasteiger partial charge in [0.2, 0.25) is 0 Å². The van der Waals surface area contributed by atoms with Gasteiger partial charge in [-0.3, -0.25) is 0 Å². The van der Waals surface area contributed by atoms with Crippen molar-refractivity contribution < 1.29 is 17.6 Å². The second-order valence-electron chi connectivity index (χ2n) is 5.93. The van der Waals surface area contributed by atoms with Gasteiger partial charge in [0.1, 0.15) is 10.8 Å². The van der Waals surface area contributed by atoms with Crippen LogP contribution in [0.25, 0.3) is 0 Å². The molecule has 0 radical (unpaired) electrons. The summed E-state index contributed by atoms with van der Waals surface area (Å²) in [4.78, 5) is 7.85. The van der Waals surface area contributed by atoms with Gasteiger partial charge in [-0.15, -0.1) is 35.3 Å². The van der Waals surface area contributed by atoms with Crippen molar-refractivity contribution in [3.8, 4) is 0 Å². The van der Waals surface area contributed by atoms with Crippen molar-refractivity contribution >= 4 is 41.3 Å². The fourth-order valence-electron chi connectivity index (χ4n) is 2.63. The summed E-state index contributed by atoms with van der Waals surface area (Å²) in [6.07, 6.45) is -3.66. The maximum Gasteiger partial charge on any atom is 0.434 e. The Kier molecular flexibility index (Phi) is 7.43. The quantitative estimate of drug-likeness (QED) is 0.267. The molecule has 0 bridgehead atoms. The lowest BCUT2D eigenvalue weighted by Crippen LogP contribution is -2.39. The molecule has 27 heavy (non-hydrogen) atoms. The molecule has 1 aromatic heterocycles. The third kappa shape index (κ3) is 5.77. The molecule has 0 saturated heterocycles. The molecule has 1 heterocycles. The second-order valence-corrected chi connectivity index (χ2v) is 6.88. The summed E-state index contributed by atoms with van der Waals surface area (Å²) in [5.41, 5.74) is -0.233. The highest BCUT2D eigenvalue weighted by molar-refractivity contribution is 14.0. The molecule has 1 aliphatic rings. The normalized spacial score (nSPS) is 19.4. The van der Waals surface area contributed by atoms with E-state index in [1.807, 2.05) is 6.92 Å². The number of hydrogen-bond donors (Lipinski definition) is 2. The van der Waals surface area contributed by atoms with Crippen molar-refractivity contribution in [2.45, 2.75) is 38.0 Å². The zero-order valence-corrected chi connectivity index (χ0v) is 17.5.